The lowest BCUT2D eigenvalue weighted by Gasteiger charge is -2.14. The molecule has 0 unspecified atom stereocenters. The van der Waals surface area contributed by atoms with Crippen LogP contribution in [0.1, 0.15) is 50.5 Å². The van der Waals surface area contributed by atoms with Gasteiger partial charge in [-0.25, -0.2) is 9.50 Å². The summed E-state index contributed by atoms with van der Waals surface area (Å²) in [4.78, 5) is 5.87. The molecule has 0 bridgehead atoms. The normalized spacial score (nSPS) is 18.2. The van der Waals surface area contributed by atoms with Crippen molar-refractivity contribution in [3.63, 3.8) is 0 Å². The Bertz CT molecular complexity index is 562. The maximum absolute atomic E-state index is 4.79. The fourth-order valence-corrected chi connectivity index (χ4v) is 3.70. The molecule has 1 aliphatic rings. The van der Waals surface area contributed by atoms with Gasteiger partial charge in [-0.1, -0.05) is 39.0 Å². The number of aromatic nitrogens is 3. The lowest BCUT2D eigenvalue weighted by atomic mass is 9.91. The zero-order valence-corrected chi connectivity index (χ0v) is 11.8. The number of hydrogen-bond acceptors (Lipinski definition) is 3. The standard InChI is InChI=1S/C13H19N3S/c1-8(2)7-10-15-16-9-5-6-13(3,4)11(9)14-12(16)17-10/h8H,5-7H2,1-4H3. The largest absolute Gasteiger partial charge is 0.222 e. The van der Waals surface area contributed by atoms with E-state index in [1.54, 1.807) is 11.3 Å². The molecule has 0 N–H and O–H groups in total. The zero-order valence-electron chi connectivity index (χ0n) is 10.9. The maximum Gasteiger partial charge on any atom is 0.212 e. The number of fused-ring (bicyclic) bond motifs is 3. The van der Waals surface area contributed by atoms with Gasteiger partial charge in [-0.3, -0.25) is 0 Å². The monoisotopic (exact) mass is 249 g/mol. The van der Waals surface area contributed by atoms with E-state index in [4.69, 9.17) is 10.1 Å². The Hall–Kier alpha value is -0.900. The highest BCUT2D eigenvalue weighted by atomic mass is 32.1. The molecule has 4 heteroatoms. The van der Waals surface area contributed by atoms with Crippen molar-refractivity contribution in [2.24, 2.45) is 5.92 Å². The first-order chi connectivity index (χ1) is 7.97. The van der Waals surface area contributed by atoms with E-state index in [1.165, 1.54) is 22.8 Å². The highest BCUT2D eigenvalue weighted by Crippen LogP contribution is 2.38. The molecule has 0 amide bonds. The summed E-state index contributed by atoms with van der Waals surface area (Å²) in [6.07, 6.45) is 3.38. The summed E-state index contributed by atoms with van der Waals surface area (Å²) < 4.78 is 2.09. The second-order valence-electron chi connectivity index (χ2n) is 6.08. The van der Waals surface area contributed by atoms with E-state index in [1.807, 2.05) is 0 Å². The van der Waals surface area contributed by atoms with Crippen molar-refractivity contribution in [2.45, 2.75) is 52.4 Å². The Kier molecular flexibility index (Phi) is 2.34. The van der Waals surface area contributed by atoms with Crippen LogP contribution in [0.4, 0.5) is 0 Å². The minimum atomic E-state index is 0.237. The molecule has 0 radical (unpaired) electrons. The van der Waals surface area contributed by atoms with Gasteiger partial charge >= 0.3 is 0 Å². The van der Waals surface area contributed by atoms with Gasteiger partial charge in [-0.05, 0) is 18.8 Å². The Morgan fingerprint density at radius 3 is 2.88 bits per heavy atom. The second-order valence-corrected chi connectivity index (χ2v) is 7.12. The molecule has 3 rings (SSSR count). The van der Waals surface area contributed by atoms with Crippen LogP contribution in [0.15, 0.2) is 0 Å². The minimum absolute atomic E-state index is 0.237. The predicted octanol–water partition coefficient (Wildman–Crippen LogP) is 3.21. The Balaban J connectivity index is 2.07. The van der Waals surface area contributed by atoms with E-state index < -0.39 is 0 Å². The summed E-state index contributed by atoms with van der Waals surface area (Å²) >= 11 is 1.75. The molecule has 1 aliphatic carbocycles. The van der Waals surface area contributed by atoms with Gasteiger partial charge in [0.25, 0.3) is 0 Å². The van der Waals surface area contributed by atoms with E-state index in [2.05, 4.69) is 32.2 Å². The lowest BCUT2D eigenvalue weighted by molar-refractivity contribution is 0.510. The summed E-state index contributed by atoms with van der Waals surface area (Å²) in [5, 5.41) is 5.94. The number of rotatable bonds is 2. The first-order valence-electron chi connectivity index (χ1n) is 6.35. The van der Waals surface area contributed by atoms with Crippen LogP contribution in [0.2, 0.25) is 0 Å². The summed E-state index contributed by atoms with van der Waals surface area (Å²) in [5.74, 6) is 0.662. The van der Waals surface area contributed by atoms with Crippen LogP contribution in [0.25, 0.3) is 4.96 Å². The van der Waals surface area contributed by atoms with Crippen LogP contribution in [-0.4, -0.2) is 14.6 Å². The van der Waals surface area contributed by atoms with Crippen molar-refractivity contribution >= 4 is 16.3 Å². The van der Waals surface area contributed by atoms with Gasteiger partial charge in [0.15, 0.2) is 0 Å². The van der Waals surface area contributed by atoms with Crippen molar-refractivity contribution in [2.75, 3.05) is 0 Å². The SMILES string of the molecule is CC(C)Cc1nn2c3c(nc2s1)C(C)(C)CC3. The molecule has 0 atom stereocenters. The topological polar surface area (TPSA) is 30.2 Å². The summed E-state index contributed by atoms with van der Waals surface area (Å²) in [6, 6.07) is 0. The molecule has 0 saturated heterocycles. The first kappa shape index (κ1) is 11.2. The van der Waals surface area contributed by atoms with Gasteiger partial charge in [-0.2, -0.15) is 5.10 Å². The first-order valence-corrected chi connectivity index (χ1v) is 7.17. The minimum Gasteiger partial charge on any atom is -0.222 e. The molecular weight excluding hydrogens is 230 g/mol. The lowest BCUT2D eigenvalue weighted by Crippen LogP contribution is -2.12. The smallest absolute Gasteiger partial charge is 0.212 e. The molecule has 0 spiro atoms. The molecule has 3 nitrogen and oxygen atoms in total. The number of aryl methyl sites for hydroxylation is 1. The molecule has 17 heavy (non-hydrogen) atoms. The number of hydrogen-bond donors (Lipinski definition) is 0. The third-order valence-electron chi connectivity index (χ3n) is 3.55. The van der Waals surface area contributed by atoms with Gasteiger partial charge in [-0.15, -0.1) is 0 Å². The maximum atomic E-state index is 4.79. The van der Waals surface area contributed by atoms with Gasteiger partial charge in [0.1, 0.15) is 5.01 Å². The van der Waals surface area contributed by atoms with E-state index in [0.717, 1.165) is 17.8 Å². The van der Waals surface area contributed by atoms with E-state index >= 15 is 0 Å². The van der Waals surface area contributed by atoms with Crippen molar-refractivity contribution in [3.8, 4) is 0 Å². The molecular formula is C13H19N3S. The van der Waals surface area contributed by atoms with Crippen LogP contribution < -0.4 is 0 Å². The van der Waals surface area contributed by atoms with Gasteiger partial charge < -0.3 is 0 Å². The second kappa shape index (κ2) is 3.55. The Morgan fingerprint density at radius 2 is 2.18 bits per heavy atom. The highest BCUT2D eigenvalue weighted by molar-refractivity contribution is 7.16. The van der Waals surface area contributed by atoms with Crippen LogP contribution >= 0.6 is 11.3 Å². The molecule has 2 aromatic heterocycles. The molecule has 2 aromatic rings. The van der Waals surface area contributed by atoms with E-state index in [-0.39, 0.29) is 5.41 Å². The van der Waals surface area contributed by atoms with Crippen LogP contribution in [0.3, 0.4) is 0 Å². The van der Waals surface area contributed by atoms with Crippen LogP contribution in [0, 0.1) is 5.92 Å². The van der Waals surface area contributed by atoms with E-state index in [9.17, 15) is 0 Å². The van der Waals surface area contributed by atoms with Crippen molar-refractivity contribution in [1.82, 2.24) is 14.6 Å². The Morgan fingerprint density at radius 1 is 1.41 bits per heavy atom. The summed E-state index contributed by atoms with van der Waals surface area (Å²) in [6.45, 7) is 9.03. The van der Waals surface area contributed by atoms with E-state index in [0.29, 0.717) is 5.92 Å². The molecule has 0 saturated carbocycles. The van der Waals surface area contributed by atoms with Crippen molar-refractivity contribution in [3.05, 3.63) is 16.4 Å². The number of imidazole rings is 1. The molecule has 0 fully saturated rings. The quantitative estimate of drug-likeness (QED) is 0.818. The van der Waals surface area contributed by atoms with Gasteiger partial charge in [0, 0.05) is 11.8 Å². The predicted molar refractivity (Wildman–Crippen MR) is 70.8 cm³/mol. The van der Waals surface area contributed by atoms with Crippen LogP contribution in [0.5, 0.6) is 0 Å². The molecule has 2 heterocycles. The average Bonchev–Trinajstić information content (AvgIpc) is 2.77. The highest BCUT2D eigenvalue weighted by Gasteiger charge is 2.35. The van der Waals surface area contributed by atoms with Crippen molar-refractivity contribution < 1.29 is 0 Å². The molecule has 0 aliphatic heterocycles. The van der Waals surface area contributed by atoms with Crippen molar-refractivity contribution in [1.29, 1.82) is 0 Å². The Labute approximate surface area is 106 Å². The third-order valence-corrected chi connectivity index (χ3v) is 4.48. The third kappa shape index (κ3) is 1.69. The average molecular weight is 249 g/mol. The molecule has 0 aromatic carbocycles. The number of nitrogens with zero attached hydrogens (tertiary/aromatic N) is 3. The van der Waals surface area contributed by atoms with Gasteiger partial charge in [0.05, 0.1) is 11.4 Å². The summed E-state index contributed by atoms with van der Waals surface area (Å²) in [5.41, 5.74) is 2.85. The molecule has 92 valence electrons. The zero-order chi connectivity index (χ0) is 12.2. The summed E-state index contributed by atoms with van der Waals surface area (Å²) in [7, 11) is 0. The van der Waals surface area contributed by atoms with Gasteiger partial charge in [0.2, 0.25) is 4.96 Å². The van der Waals surface area contributed by atoms with Crippen LogP contribution in [-0.2, 0) is 18.3 Å². The fourth-order valence-electron chi connectivity index (χ4n) is 2.58. The fraction of sp³-hybridized carbons (Fsp3) is 0.692.